The van der Waals surface area contributed by atoms with Crippen LogP contribution in [0.1, 0.15) is 11.1 Å². The van der Waals surface area contributed by atoms with E-state index >= 15 is 0 Å². The normalized spacial score (nSPS) is 19.4. The van der Waals surface area contributed by atoms with Crippen molar-refractivity contribution < 1.29 is 18.4 Å². The number of ether oxygens (including phenoxy) is 1. The van der Waals surface area contributed by atoms with E-state index in [0.29, 0.717) is 30.9 Å². The summed E-state index contributed by atoms with van der Waals surface area (Å²) in [7, 11) is -1.32. The second kappa shape index (κ2) is 6.31. The lowest BCUT2D eigenvalue weighted by molar-refractivity contribution is 0.282. The van der Waals surface area contributed by atoms with Gasteiger partial charge in [0, 0.05) is 30.8 Å². The number of nitrogens with two attached hydrogens (primary N) is 1. The molecule has 0 unspecified atom stereocenters. The zero-order valence-electron chi connectivity index (χ0n) is 11.8. The summed E-state index contributed by atoms with van der Waals surface area (Å²) >= 11 is 0. The standard InChI is InChI=1S/C13H19N3O4S/c1-20-12-3-2-10(13(14)15-17)8-11(12)9-16-4-6-21(18,19)7-5-16/h2-3,8,17H,4-7,9H2,1H3,(H2,14,15). The van der Waals surface area contributed by atoms with Crippen LogP contribution in [0.2, 0.25) is 0 Å². The predicted octanol–water partition coefficient (Wildman–Crippen LogP) is 0.0201. The number of amidine groups is 1. The van der Waals surface area contributed by atoms with Gasteiger partial charge in [-0.3, -0.25) is 4.90 Å². The number of methoxy groups -OCH3 is 1. The number of benzene rings is 1. The third-order valence-electron chi connectivity index (χ3n) is 3.51. The van der Waals surface area contributed by atoms with Gasteiger partial charge in [-0.2, -0.15) is 0 Å². The summed E-state index contributed by atoms with van der Waals surface area (Å²) in [4.78, 5) is 2.05. The van der Waals surface area contributed by atoms with E-state index in [0.717, 1.165) is 5.56 Å². The minimum Gasteiger partial charge on any atom is -0.496 e. The molecule has 1 aliphatic heterocycles. The highest BCUT2D eigenvalue weighted by Gasteiger charge is 2.22. The summed E-state index contributed by atoms with van der Waals surface area (Å²) in [6.45, 7) is 1.56. The number of sulfone groups is 1. The van der Waals surface area contributed by atoms with Crippen molar-refractivity contribution in [1.29, 1.82) is 0 Å². The monoisotopic (exact) mass is 313 g/mol. The van der Waals surface area contributed by atoms with Crippen molar-refractivity contribution >= 4 is 15.7 Å². The molecule has 8 heteroatoms. The molecule has 0 aromatic heterocycles. The predicted molar refractivity (Wildman–Crippen MR) is 79.4 cm³/mol. The van der Waals surface area contributed by atoms with Crippen LogP contribution in [0.25, 0.3) is 0 Å². The Hall–Kier alpha value is -1.80. The Balaban J connectivity index is 2.18. The van der Waals surface area contributed by atoms with E-state index in [2.05, 4.69) is 10.1 Å². The highest BCUT2D eigenvalue weighted by atomic mass is 32.2. The number of rotatable bonds is 4. The van der Waals surface area contributed by atoms with Crippen LogP contribution in [0.3, 0.4) is 0 Å². The van der Waals surface area contributed by atoms with Crippen molar-refractivity contribution in [2.45, 2.75) is 6.54 Å². The van der Waals surface area contributed by atoms with Gasteiger partial charge in [-0.15, -0.1) is 0 Å². The summed E-state index contributed by atoms with van der Waals surface area (Å²) in [5.41, 5.74) is 7.06. The van der Waals surface area contributed by atoms with Gasteiger partial charge in [0.15, 0.2) is 15.7 Å². The molecule has 1 heterocycles. The fourth-order valence-corrected chi connectivity index (χ4v) is 3.55. The lowest BCUT2D eigenvalue weighted by Gasteiger charge is -2.27. The molecule has 0 amide bonds. The van der Waals surface area contributed by atoms with Crippen molar-refractivity contribution in [1.82, 2.24) is 4.90 Å². The van der Waals surface area contributed by atoms with Crippen molar-refractivity contribution in [3.05, 3.63) is 29.3 Å². The van der Waals surface area contributed by atoms with E-state index in [1.165, 1.54) is 0 Å². The van der Waals surface area contributed by atoms with Crippen LogP contribution >= 0.6 is 0 Å². The van der Waals surface area contributed by atoms with E-state index in [9.17, 15) is 8.42 Å². The van der Waals surface area contributed by atoms with Crippen molar-refractivity contribution in [3.63, 3.8) is 0 Å². The quantitative estimate of drug-likeness (QED) is 0.351. The number of hydrogen-bond acceptors (Lipinski definition) is 6. The maximum Gasteiger partial charge on any atom is 0.170 e. The maximum absolute atomic E-state index is 11.4. The molecule has 1 aliphatic rings. The van der Waals surface area contributed by atoms with Gasteiger partial charge >= 0.3 is 0 Å². The zero-order valence-corrected chi connectivity index (χ0v) is 12.6. The van der Waals surface area contributed by atoms with Gasteiger partial charge < -0.3 is 15.7 Å². The average Bonchev–Trinajstić information content (AvgIpc) is 2.48. The Labute approximate surface area is 123 Å². The number of hydrogen-bond donors (Lipinski definition) is 2. The molecule has 0 saturated carbocycles. The van der Waals surface area contributed by atoms with Gasteiger partial charge in [0.05, 0.1) is 18.6 Å². The molecule has 21 heavy (non-hydrogen) atoms. The van der Waals surface area contributed by atoms with Crippen LogP contribution in [-0.4, -0.2) is 56.1 Å². The number of oxime groups is 1. The van der Waals surface area contributed by atoms with E-state index in [1.807, 2.05) is 0 Å². The minimum atomic E-state index is -2.89. The highest BCUT2D eigenvalue weighted by Crippen LogP contribution is 2.22. The van der Waals surface area contributed by atoms with Crippen LogP contribution < -0.4 is 10.5 Å². The molecule has 2 rings (SSSR count). The van der Waals surface area contributed by atoms with E-state index in [4.69, 9.17) is 15.7 Å². The molecule has 0 spiro atoms. The summed E-state index contributed by atoms with van der Waals surface area (Å²) < 4.78 is 28.2. The largest absolute Gasteiger partial charge is 0.496 e. The average molecular weight is 313 g/mol. The Kier molecular flexibility index (Phi) is 4.69. The van der Waals surface area contributed by atoms with Crippen LogP contribution in [0.15, 0.2) is 23.4 Å². The SMILES string of the molecule is COc1ccc(/C(N)=N/O)cc1CN1CCS(=O)(=O)CC1. The van der Waals surface area contributed by atoms with Crippen molar-refractivity contribution in [3.8, 4) is 5.75 Å². The van der Waals surface area contributed by atoms with Crippen molar-refractivity contribution in [2.75, 3.05) is 31.7 Å². The van der Waals surface area contributed by atoms with Gasteiger partial charge in [0.2, 0.25) is 0 Å². The second-order valence-electron chi connectivity index (χ2n) is 4.94. The molecule has 1 fully saturated rings. The van der Waals surface area contributed by atoms with Crippen molar-refractivity contribution in [2.24, 2.45) is 10.9 Å². The fourth-order valence-electron chi connectivity index (χ4n) is 2.27. The third-order valence-corrected chi connectivity index (χ3v) is 5.12. The van der Waals surface area contributed by atoms with Gasteiger partial charge in [0.25, 0.3) is 0 Å². The van der Waals surface area contributed by atoms with Crippen LogP contribution in [-0.2, 0) is 16.4 Å². The number of nitrogens with zero attached hydrogens (tertiary/aromatic N) is 2. The first-order chi connectivity index (χ1) is 9.95. The van der Waals surface area contributed by atoms with E-state index in [-0.39, 0.29) is 17.3 Å². The molecular formula is C13H19N3O4S. The molecule has 7 nitrogen and oxygen atoms in total. The molecule has 116 valence electrons. The van der Waals surface area contributed by atoms with E-state index < -0.39 is 9.84 Å². The van der Waals surface area contributed by atoms with E-state index in [1.54, 1.807) is 25.3 Å². The summed E-state index contributed by atoms with van der Waals surface area (Å²) in [6.07, 6.45) is 0. The highest BCUT2D eigenvalue weighted by molar-refractivity contribution is 7.91. The second-order valence-corrected chi connectivity index (χ2v) is 7.24. The smallest absolute Gasteiger partial charge is 0.170 e. The molecule has 0 aliphatic carbocycles. The first-order valence-corrected chi connectivity index (χ1v) is 8.35. The summed E-state index contributed by atoms with van der Waals surface area (Å²) in [6, 6.07) is 5.25. The Morgan fingerprint density at radius 2 is 2.10 bits per heavy atom. The molecule has 1 saturated heterocycles. The van der Waals surface area contributed by atoms with Gasteiger partial charge in [-0.25, -0.2) is 8.42 Å². The lowest BCUT2D eigenvalue weighted by atomic mass is 10.1. The molecule has 0 radical (unpaired) electrons. The van der Waals surface area contributed by atoms with Crippen LogP contribution in [0.5, 0.6) is 5.75 Å². The van der Waals surface area contributed by atoms with Gasteiger partial charge in [0.1, 0.15) is 5.75 Å². The van der Waals surface area contributed by atoms with Crippen LogP contribution in [0, 0.1) is 0 Å². The Morgan fingerprint density at radius 3 is 2.67 bits per heavy atom. The Morgan fingerprint density at radius 1 is 1.43 bits per heavy atom. The topological polar surface area (TPSA) is 105 Å². The first-order valence-electron chi connectivity index (χ1n) is 6.53. The Bertz CT molecular complexity index is 629. The summed E-state index contributed by atoms with van der Waals surface area (Å²) in [5, 5.41) is 11.7. The van der Waals surface area contributed by atoms with Crippen LogP contribution in [0.4, 0.5) is 0 Å². The molecular weight excluding hydrogens is 294 g/mol. The third kappa shape index (κ3) is 3.85. The maximum atomic E-state index is 11.4. The molecule has 1 aromatic rings. The first kappa shape index (κ1) is 15.6. The van der Waals surface area contributed by atoms with Gasteiger partial charge in [-0.1, -0.05) is 5.16 Å². The fraction of sp³-hybridized carbons (Fsp3) is 0.462. The molecule has 0 atom stereocenters. The lowest BCUT2D eigenvalue weighted by Crippen LogP contribution is -2.39. The zero-order chi connectivity index (χ0) is 15.5. The molecule has 3 N–H and O–H groups in total. The molecule has 1 aromatic carbocycles. The molecule has 0 bridgehead atoms. The van der Waals surface area contributed by atoms with Gasteiger partial charge in [-0.05, 0) is 18.2 Å². The minimum absolute atomic E-state index is 0.0279. The summed E-state index contributed by atoms with van der Waals surface area (Å²) in [5.74, 6) is 1.07.